The van der Waals surface area contributed by atoms with Gasteiger partial charge in [0.1, 0.15) is 11.5 Å². The number of aromatic hydroxyl groups is 1. The molecule has 2 nitrogen and oxygen atoms in total. The van der Waals surface area contributed by atoms with E-state index in [0.29, 0.717) is 12.4 Å². The van der Waals surface area contributed by atoms with Crippen molar-refractivity contribution in [3.63, 3.8) is 0 Å². The largest absolute Gasteiger partial charge is 0.507 e. The van der Waals surface area contributed by atoms with Gasteiger partial charge in [0.25, 0.3) is 0 Å². The van der Waals surface area contributed by atoms with Crippen molar-refractivity contribution in [3.05, 3.63) is 23.3 Å². The Morgan fingerprint density at radius 2 is 1.75 bits per heavy atom. The quantitative estimate of drug-likeness (QED) is 0.731. The van der Waals surface area contributed by atoms with E-state index in [-0.39, 0.29) is 0 Å². The lowest BCUT2D eigenvalue weighted by atomic mass is 10.1. The predicted molar refractivity (Wildman–Crippen MR) is 48.7 cm³/mol. The van der Waals surface area contributed by atoms with E-state index in [0.717, 1.165) is 16.9 Å². The first-order chi connectivity index (χ1) is 5.65. The number of phenols is 1. The first-order valence-corrected chi connectivity index (χ1v) is 4.08. The van der Waals surface area contributed by atoms with Gasteiger partial charge in [0.05, 0.1) is 6.61 Å². The van der Waals surface area contributed by atoms with Crippen LogP contribution in [0.15, 0.2) is 12.1 Å². The molecule has 0 radical (unpaired) electrons. The molecule has 12 heavy (non-hydrogen) atoms. The second kappa shape index (κ2) is 3.48. The maximum Gasteiger partial charge on any atom is 0.121 e. The minimum Gasteiger partial charge on any atom is -0.507 e. The molecule has 0 bridgehead atoms. The third-order valence-electron chi connectivity index (χ3n) is 1.78. The van der Waals surface area contributed by atoms with Crippen molar-refractivity contribution < 1.29 is 9.84 Å². The molecule has 0 saturated heterocycles. The van der Waals surface area contributed by atoms with Crippen LogP contribution in [0.1, 0.15) is 18.1 Å². The van der Waals surface area contributed by atoms with Crippen molar-refractivity contribution in [1.29, 1.82) is 0 Å². The molecule has 0 atom stereocenters. The second-order valence-corrected chi connectivity index (χ2v) is 2.84. The lowest BCUT2D eigenvalue weighted by Crippen LogP contribution is -1.92. The van der Waals surface area contributed by atoms with Crippen LogP contribution in [0.3, 0.4) is 0 Å². The Morgan fingerprint density at radius 3 is 2.17 bits per heavy atom. The number of benzene rings is 1. The number of phenolic OH excluding ortho intramolecular Hbond substituents is 1. The van der Waals surface area contributed by atoms with E-state index in [2.05, 4.69) is 0 Å². The first kappa shape index (κ1) is 8.91. The van der Waals surface area contributed by atoms with E-state index < -0.39 is 0 Å². The molecule has 1 aromatic rings. The highest BCUT2D eigenvalue weighted by Gasteiger charge is 2.02. The number of rotatable bonds is 2. The third kappa shape index (κ3) is 1.70. The van der Waals surface area contributed by atoms with Gasteiger partial charge in [-0.15, -0.1) is 0 Å². The smallest absolute Gasteiger partial charge is 0.121 e. The van der Waals surface area contributed by atoms with Gasteiger partial charge in [-0.2, -0.15) is 0 Å². The molecular formula is C10H14O2. The van der Waals surface area contributed by atoms with Gasteiger partial charge in [-0.1, -0.05) is 0 Å². The molecule has 0 amide bonds. The highest BCUT2D eigenvalue weighted by atomic mass is 16.5. The maximum absolute atomic E-state index is 9.44. The Balaban J connectivity index is 3.04. The van der Waals surface area contributed by atoms with Gasteiger partial charge < -0.3 is 9.84 Å². The molecule has 0 aliphatic rings. The fraction of sp³-hybridized carbons (Fsp3) is 0.400. The van der Waals surface area contributed by atoms with Gasteiger partial charge in [-0.25, -0.2) is 0 Å². The Bertz CT molecular complexity index is 256. The molecule has 0 aromatic heterocycles. The summed E-state index contributed by atoms with van der Waals surface area (Å²) in [4.78, 5) is 0. The summed E-state index contributed by atoms with van der Waals surface area (Å²) >= 11 is 0. The fourth-order valence-electron chi connectivity index (χ4n) is 1.17. The first-order valence-electron chi connectivity index (χ1n) is 4.08. The Kier molecular flexibility index (Phi) is 2.58. The predicted octanol–water partition coefficient (Wildman–Crippen LogP) is 2.41. The van der Waals surface area contributed by atoms with Gasteiger partial charge in [0.2, 0.25) is 0 Å². The van der Waals surface area contributed by atoms with Crippen LogP contribution in [0.4, 0.5) is 0 Å². The lowest BCUT2D eigenvalue weighted by molar-refractivity contribution is 0.338. The molecule has 0 saturated carbocycles. The summed E-state index contributed by atoms with van der Waals surface area (Å²) in [6, 6.07) is 3.68. The van der Waals surface area contributed by atoms with Crippen LogP contribution in [-0.4, -0.2) is 11.7 Å². The molecule has 0 aliphatic heterocycles. The summed E-state index contributed by atoms with van der Waals surface area (Å²) in [6.07, 6.45) is 0. The molecule has 0 spiro atoms. The highest BCUT2D eigenvalue weighted by Crippen LogP contribution is 2.26. The van der Waals surface area contributed by atoms with Crippen molar-refractivity contribution in [2.45, 2.75) is 20.8 Å². The van der Waals surface area contributed by atoms with E-state index in [1.165, 1.54) is 0 Å². The summed E-state index contributed by atoms with van der Waals surface area (Å²) in [5, 5.41) is 9.44. The number of aryl methyl sites for hydroxylation is 2. The summed E-state index contributed by atoms with van der Waals surface area (Å²) in [5.41, 5.74) is 1.72. The fourth-order valence-corrected chi connectivity index (χ4v) is 1.17. The van der Waals surface area contributed by atoms with E-state index in [4.69, 9.17) is 4.74 Å². The van der Waals surface area contributed by atoms with Crippen molar-refractivity contribution in [2.24, 2.45) is 0 Å². The molecule has 66 valence electrons. The molecule has 0 heterocycles. The summed E-state index contributed by atoms with van der Waals surface area (Å²) < 4.78 is 5.31. The van der Waals surface area contributed by atoms with Gasteiger partial charge >= 0.3 is 0 Å². The molecular weight excluding hydrogens is 152 g/mol. The number of hydrogen-bond acceptors (Lipinski definition) is 2. The zero-order valence-corrected chi connectivity index (χ0v) is 7.72. The average molecular weight is 166 g/mol. The van der Waals surface area contributed by atoms with Crippen LogP contribution in [-0.2, 0) is 0 Å². The summed E-state index contributed by atoms with van der Waals surface area (Å²) in [6.45, 7) is 6.33. The topological polar surface area (TPSA) is 29.5 Å². The Morgan fingerprint density at radius 1 is 1.25 bits per heavy atom. The van der Waals surface area contributed by atoms with Crippen LogP contribution >= 0.6 is 0 Å². The zero-order valence-electron chi connectivity index (χ0n) is 7.72. The van der Waals surface area contributed by atoms with Crippen LogP contribution in [0.25, 0.3) is 0 Å². The van der Waals surface area contributed by atoms with Gasteiger partial charge in [-0.05, 0) is 44.0 Å². The second-order valence-electron chi connectivity index (χ2n) is 2.84. The van der Waals surface area contributed by atoms with E-state index in [1.807, 2.05) is 32.9 Å². The normalized spacial score (nSPS) is 9.92. The molecule has 0 fully saturated rings. The average Bonchev–Trinajstić information content (AvgIpc) is 2.01. The Labute approximate surface area is 72.8 Å². The van der Waals surface area contributed by atoms with Crippen LogP contribution < -0.4 is 4.74 Å². The molecule has 0 unspecified atom stereocenters. The standard InChI is InChI=1S/C10H14O2/c1-4-12-9-5-7(2)10(11)8(3)6-9/h5-6,11H,4H2,1-3H3. The minimum absolute atomic E-state index is 0.360. The van der Waals surface area contributed by atoms with E-state index in [9.17, 15) is 5.11 Å². The van der Waals surface area contributed by atoms with Crippen LogP contribution in [0, 0.1) is 13.8 Å². The van der Waals surface area contributed by atoms with Crippen molar-refractivity contribution in [1.82, 2.24) is 0 Å². The van der Waals surface area contributed by atoms with E-state index >= 15 is 0 Å². The third-order valence-corrected chi connectivity index (χ3v) is 1.78. The molecule has 1 N–H and O–H groups in total. The Hall–Kier alpha value is -1.18. The highest BCUT2D eigenvalue weighted by molar-refractivity contribution is 5.44. The minimum atomic E-state index is 0.360. The summed E-state index contributed by atoms with van der Waals surface area (Å²) in [5.74, 6) is 1.18. The van der Waals surface area contributed by atoms with Gasteiger partial charge in [0, 0.05) is 0 Å². The molecule has 1 aromatic carbocycles. The van der Waals surface area contributed by atoms with Crippen molar-refractivity contribution >= 4 is 0 Å². The van der Waals surface area contributed by atoms with Crippen molar-refractivity contribution in [3.8, 4) is 11.5 Å². The maximum atomic E-state index is 9.44. The van der Waals surface area contributed by atoms with Gasteiger partial charge in [-0.3, -0.25) is 0 Å². The van der Waals surface area contributed by atoms with Gasteiger partial charge in [0.15, 0.2) is 0 Å². The summed E-state index contributed by atoms with van der Waals surface area (Å²) in [7, 11) is 0. The molecule has 0 aliphatic carbocycles. The van der Waals surface area contributed by atoms with Crippen LogP contribution in [0.2, 0.25) is 0 Å². The zero-order chi connectivity index (χ0) is 9.14. The van der Waals surface area contributed by atoms with E-state index in [1.54, 1.807) is 0 Å². The number of ether oxygens (including phenoxy) is 1. The number of hydrogen-bond donors (Lipinski definition) is 1. The SMILES string of the molecule is CCOc1cc(C)c(O)c(C)c1. The lowest BCUT2D eigenvalue weighted by Gasteiger charge is -2.07. The monoisotopic (exact) mass is 166 g/mol. The van der Waals surface area contributed by atoms with Crippen molar-refractivity contribution in [2.75, 3.05) is 6.61 Å². The molecule has 1 rings (SSSR count). The van der Waals surface area contributed by atoms with Crippen LogP contribution in [0.5, 0.6) is 11.5 Å². The molecule has 2 heteroatoms.